The molecule has 0 heterocycles. The van der Waals surface area contributed by atoms with Crippen molar-refractivity contribution in [3.05, 3.63) is 29.3 Å². The number of carbonyl (C=O) groups excluding carboxylic acids is 1. The molecule has 1 rings (SSSR count). The molecule has 0 saturated carbocycles. The number of phenols is 1. The van der Waals surface area contributed by atoms with Crippen molar-refractivity contribution < 1.29 is 19.4 Å². The lowest BCUT2D eigenvalue weighted by Crippen LogP contribution is -2.27. The lowest BCUT2D eigenvalue weighted by atomic mass is 10.1. The number of phenolic OH excluding ortho intramolecular Hbond substituents is 1. The van der Waals surface area contributed by atoms with Gasteiger partial charge >= 0.3 is 0 Å². The maximum atomic E-state index is 11.8. The van der Waals surface area contributed by atoms with Gasteiger partial charge in [-0.25, -0.2) is 0 Å². The number of benzene rings is 1. The lowest BCUT2D eigenvalue weighted by Gasteiger charge is -2.07. The van der Waals surface area contributed by atoms with Crippen molar-refractivity contribution in [1.82, 2.24) is 5.32 Å². The maximum absolute atomic E-state index is 11.8. The van der Waals surface area contributed by atoms with E-state index in [-0.39, 0.29) is 11.3 Å². The molecule has 0 unspecified atom stereocenters. The monoisotopic (exact) mass is 290 g/mol. The highest BCUT2D eigenvalue weighted by molar-refractivity contribution is 6.01. The van der Waals surface area contributed by atoms with Gasteiger partial charge in [0.2, 0.25) is 0 Å². The molecule has 6 heteroatoms. The summed E-state index contributed by atoms with van der Waals surface area (Å²) in [7, 11) is 1.53. The van der Waals surface area contributed by atoms with Crippen LogP contribution >= 0.6 is 0 Å². The van der Waals surface area contributed by atoms with E-state index in [0.717, 1.165) is 0 Å². The lowest BCUT2D eigenvalue weighted by molar-refractivity contribution is -0.117. The van der Waals surface area contributed by atoms with Gasteiger partial charge in [-0.1, -0.05) is 6.07 Å². The van der Waals surface area contributed by atoms with Crippen molar-refractivity contribution in [2.45, 2.75) is 6.92 Å². The Morgan fingerprint density at radius 1 is 1.52 bits per heavy atom. The Morgan fingerprint density at radius 2 is 2.29 bits per heavy atom. The van der Waals surface area contributed by atoms with Crippen LogP contribution in [0.3, 0.4) is 0 Å². The van der Waals surface area contributed by atoms with Crippen LogP contribution in [-0.4, -0.2) is 37.9 Å². The van der Waals surface area contributed by atoms with Crippen LogP contribution in [0.1, 0.15) is 12.5 Å². The van der Waals surface area contributed by atoms with E-state index < -0.39 is 5.91 Å². The van der Waals surface area contributed by atoms with Crippen LogP contribution in [0.15, 0.2) is 23.8 Å². The Labute approximate surface area is 123 Å². The summed E-state index contributed by atoms with van der Waals surface area (Å²) in [6.45, 7) is 2.90. The van der Waals surface area contributed by atoms with E-state index in [4.69, 9.17) is 14.7 Å². The Kier molecular flexibility index (Phi) is 6.78. The molecule has 21 heavy (non-hydrogen) atoms. The highest BCUT2D eigenvalue weighted by Gasteiger charge is 2.09. The molecular formula is C15H18N2O4. The van der Waals surface area contributed by atoms with E-state index in [1.165, 1.54) is 19.3 Å². The van der Waals surface area contributed by atoms with Gasteiger partial charge in [-0.15, -0.1) is 0 Å². The normalized spacial score (nSPS) is 10.8. The Hall–Kier alpha value is -2.52. The number of hydrogen-bond acceptors (Lipinski definition) is 5. The Morgan fingerprint density at radius 3 is 2.90 bits per heavy atom. The molecule has 6 nitrogen and oxygen atoms in total. The zero-order valence-corrected chi connectivity index (χ0v) is 12.0. The van der Waals surface area contributed by atoms with Gasteiger partial charge in [0.05, 0.1) is 13.2 Å². The number of amides is 1. The second-order valence-corrected chi connectivity index (χ2v) is 4.08. The molecule has 1 aromatic carbocycles. The van der Waals surface area contributed by atoms with Gasteiger partial charge in [0, 0.05) is 13.7 Å². The third-order valence-corrected chi connectivity index (χ3v) is 2.55. The van der Waals surface area contributed by atoms with Crippen molar-refractivity contribution >= 4 is 12.0 Å². The van der Waals surface area contributed by atoms with Gasteiger partial charge in [0.1, 0.15) is 11.6 Å². The van der Waals surface area contributed by atoms with Crippen molar-refractivity contribution in [2.24, 2.45) is 0 Å². The second-order valence-electron chi connectivity index (χ2n) is 4.08. The summed E-state index contributed by atoms with van der Waals surface area (Å²) in [6, 6.07) is 6.46. The van der Waals surface area contributed by atoms with E-state index in [1.807, 2.05) is 6.07 Å². The van der Waals surface area contributed by atoms with E-state index in [1.54, 1.807) is 19.1 Å². The first kappa shape index (κ1) is 16.5. The van der Waals surface area contributed by atoms with E-state index in [0.29, 0.717) is 31.1 Å². The molecule has 112 valence electrons. The van der Waals surface area contributed by atoms with Gasteiger partial charge in [0.25, 0.3) is 5.91 Å². The average Bonchev–Trinajstić information content (AvgIpc) is 2.48. The molecule has 0 aliphatic rings. The molecule has 0 atom stereocenters. The number of nitrogens with zero attached hydrogens (tertiary/aromatic N) is 1. The summed E-state index contributed by atoms with van der Waals surface area (Å²) in [5, 5.41) is 21.2. The predicted octanol–water partition coefficient (Wildman–Crippen LogP) is 1.46. The van der Waals surface area contributed by atoms with Crippen LogP contribution in [0, 0.1) is 11.3 Å². The first-order valence-electron chi connectivity index (χ1n) is 6.47. The quantitative estimate of drug-likeness (QED) is 0.450. The molecule has 2 N–H and O–H groups in total. The summed E-state index contributed by atoms with van der Waals surface area (Å²) in [6.07, 6.45) is 1.43. The zero-order chi connectivity index (χ0) is 15.7. The zero-order valence-electron chi connectivity index (χ0n) is 12.0. The van der Waals surface area contributed by atoms with Gasteiger partial charge in [-0.05, 0) is 30.7 Å². The van der Waals surface area contributed by atoms with Crippen molar-refractivity contribution in [2.75, 3.05) is 26.9 Å². The summed E-state index contributed by atoms with van der Waals surface area (Å²) in [5.41, 5.74) is 0.564. The van der Waals surface area contributed by atoms with E-state index >= 15 is 0 Å². The minimum Gasteiger partial charge on any atom is -0.504 e. The first-order chi connectivity index (χ1) is 10.1. The van der Waals surface area contributed by atoms with Gasteiger partial charge in [0.15, 0.2) is 11.5 Å². The number of methoxy groups -OCH3 is 1. The number of carbonyl (C=O) groups is 1. The van der Waals surface area contributed by atoms with Crippen LogP contribution in [0.4, 0.5) is 0 Å². The molecule has 0 radical (unpaired) electrons. The number of rotatable bonds is 7. The molecule has 0 aliphatic heterocycles. The van der Waals surface area contributed by atoms with Crippen molar-refractivity contribution in [3.8, 4) is 17.6 Å². The molecule has 0 aliphatic carbocycles. The van der Waals surface area contributed by atoms with Crippen LogP contribution in [0.2, 0.25) is 0 Å². The summed E-state index contributed by atoms with van der Waals surface area (Å²) in [5.74, 6) is -0.152. The molecule has 0 aromatic heterocycles. The van der Waals surface area contributed by atoms with Gasteiger partial charge in [-0.2, -0.15) is 5.26 Å². The first-order valence-corrected chi connectivity index (χ1v) is 6.47. The fourth-order valence-electron chi connectivity index (χ4n) is 1.57. The third-order valence-electron chi connectivity index (χ3n) is 2.55. The summed E-state index contributed by atoms with van der Waals surface area (Å²) >= 11 is 0. The molecule has 0 fully saturated rings. The number of hydrogen-bond donors (Lipinski definition) is 2. The Balaban J connectivity index is 2.90. The standard InChI is InChI=1S/C15H18N2O4/c1-3-21-14-9-11(4-5-13(14)18)8-12(10-16)15(19)17-6-7-20-2/h4-5,8-9,18H,3,6-7H2,1-2H3,(H,17,19)/b12-8-. The van der Waals surface area contributed by atoms with Gasteiger partial charge in [-0.3, -0.25) is 4.79 Å². The average molecular weight is 290 g/mol. The molecule has 0 saturated heterocycles. The number of nitrogens with one attached hydrogen (secondary N) is 1. The molecular weight excluding hydrogens is 272 g/mol. The number of aromatic hydroxyl groups is 1. The van der Waals surface area contributed by atoms with Crippen molar-refractivity contribution in [3.63, 3.8) is 0 Å². The maximum Gasteiger partial charge on any atom is 0.262 e. The smallest absolute Gasteiger partial charge is 0.262 e. The molecule has 0 spiro atoms. The minimum absolute atomic E-state index is 0.0112. The van der Waals surface area contributed by atoms with E-state index in [9.17, 15) is 9.90 Å². The highest BCUT2D eigenvalue weighted by atomic mass is 16.5. The number of ether oxygens (including phenoxy) is 2. The topological polar surface area (TPSA) is 91.6 Å². The van der Waals surface area contributed by atoms with Crippen LogP contribution in [-0.2, 0) is 9.53 Å². The van der Waals surface area contributed by atoms with Crippen LogP contribution < -0.4 is 10.1 Å². The van der Waals surface area contributed by atoms with Crippen molar-refractivity contribution in [1.29, 1.82) is 5.26 Å². The fourth-order valence-corrected chi connectivity index (χ4v) is 1.57. The molecule has 0 bridgehead atoms. The summed E-state index contributed by atoms with van der Waals surface area (Å²) in [4.78, 5) is 11.8. The largest absolute Gasteiger partial charge is 0.504 e. The third kappa shape index (κ3) is 5.16. The molecule has 1 amide bonds. The summed E-state index contributed by atoms with van der Waals surface area (Å²) < 4.78 is 10.1. The highest BCUT2D eigenvalue weighted by Crippen LogP contribution is 2.27. The fraction of sp³-hybridized carbons (Fsp3) is 0.333. The van der Waals surface area contributed by atoms with Crippen LogP contribution in [0.25, 0.3) is 6.08 Å². The van der Waals surface area contributed by atoms with Gasteiger partial charge < -0.3 is 19.9 Å². The second kappa shape index (κ2) is 8.61. The Bertz CT molecular complexity index is 561. The SMILES string of the molecule is CCOc1cc(/C=C(/C#N)C(=O)NCCOC)ccc1O. The van der Waals surface area contributed by atoms with E-state index in [2.05, 4.69) is 5.32 Å². The molecule has 1 aromatic rings. The minimum atomic E-state index is -0.472. The number of nitriles is 1. The predicted molar refractivity (Wildman–Crippen MR) is 77.8 cm³/mol. The van der Waals surface area contributed by atoms with Crippen LogP contribution in [0.5, 0.6) is 11.5 Å².